The van der Waals surface area contributed by atoms with Gasteiger partial charge in [0, 0.05) is 7.05 Å². The van der Waals surface area contributed by atoms with Crippen molar-refractivity contribution in [1.82, 2.24) is 10.8 Å². The molecule has 0 saturated heterocycles. The molecule has 0 aliphatic heterocycles. The van der Waals surface area contributed by atoms with Crippen molar-refractivity contribution in [2.24, 2.45) is 5.90 Å². The van der Waals surface area contributed by atoms with Crippen LogP contribution in [0.2, 0.25) is 0 Å². The van der Waals surface area contributed by atoms with E-state index in [1.165, 1.54) is 7.05 Å². The smallest absolute Gasteiger partial charge is 0.339 e. The highest BCUT2D eigenvalue weighted by atomic mass is 16.8. The largest absolute Gasteiger partial charge is 0.339 e. The zero-order valence-corrected chi connectivity index (χ0v) is 3.89. The van der Waals surface area contributed by atoms with E-state index in [0.29, 0.717) is 0 Å². The Morgan fingerprint density at radius 3 is 2.57 bits per heavy atom. The van der Waals surface area contributed by atoms with Crippen molar-refractivity contribution in [1.29, 1.82) is 0 Å². The fourth-order valence-corrected chi connectivity index (χ4v) is 0.105. The second-order valence-electron chi connectivity index (χ2n) is 0.799. The van der Waals surface area contributed by atoms with Crippen LogP contribution in [0, 0.1) is 0 Å². The van der Waals surface area contributed by atoms with Crippen LogP contribution in [-0.2, 0) is 4.94 Å². The highest BCUT2D eigenvalue weighted by Crippen LogP contribution is 1.53. The number of hydrogen-bond acceptors (Lipinski definition) is 3. The Bertz CT molecular complexity index is 64.0. The van der Waals surface area contributed by atoms with Gasteiger partial charge in [0.2, 0.25) is 0 Å². The summed E-state index contributed by atoms with van der Waals surface area (Å²) in [5.41, 5.74) is 1.82. The Morgan fingerprint density at radius 2 is 2.43 bits per heavy atom. The Kier molecular flexibility index (Phi) is 2.99. The molecule has 0 heterocycles. The Morgan fingerprint density at radius 1 is 1.86 bits per heavy atom. The van der Waals surface area contributed by atoms with E-state index in [4.69, 9.17) is 0 Å². The summed E-state index contributed by atoms with van der Waals surface area (Å²) in [6.07, 6.45) is 0. The van der Waals surface area contributed by atoms with Gasteiger partial charge in [0.25, 0.3) is 0 Å². The van der Waals surface area contributed by atoms with Crippen LogP contribution in [0.15, 0.2) is 0 Å². The van der Waals surface area contributed by atoms with Gasteiger partial charge in [-0.05, 0) is 0 Å². The summed E-state index contributed by atoms with van der Waals surface area (Å²) in [5, 5.41) is 2.21. The van der Waals surface area contributed by atoms with Gasteiger partial charge in [-0.3, -0.25) is 0 Å². The normalized spacial score (nSPS) is 7.71. The lowest BCUT2D eigenvalue weighted by atomic mass is 11.0. The molecule has 0 spiro atoms. The third-order valence-corrected chi connectivity index (χ3v) is 0.379. The van der Waals surface area contributed by atoms with Crippen molar-refractivity contribution in [3.63, 3.8) is 0 Å². The van der Waals surface area contributed by atoms with Gasteiger partial charge in [0.15, 0.2) is 0 Å². The molecular weight excluding hydrogens is 98.0 g/mol. The molecule has 0 aromatic heterocycles. The summed E-state index contributed by atoms with van der Waals surface area (Å²) >= 11 is 0. The molecule has 0 rings (SSSR count). The van der Waals surface area contributed by atoms with E-state index in [2.05, 4.69) is 16.2 Å². The maximum absolute atomic E-state index is 9.98. The van der Waals surface area contributed by atoms with E-state index in [-0.39, 0.29) is 0 Å². The van der Waals surface area contributed by atoms with E-state index < -0.39 is 6.03 Å². The third kappa shape index (κ3) is 3.01. The van der Waals surface area contributed by atoms with Crippen LogP contribution in [0.5, 0.6) is 0 Å². The van der Waals surface area contributed by atoms with Crippen LogP contribution in [-0.4, -0.2) is 13.1 Å². The molecule has 0 aliphatic carbocycles. The summed E-state index contributed by atoms with van der Waals surface area (Å²) in [4.78, 5) is 13.7. The second-order valence-corrected chi connectivity index (χ2v) is 0.799. The van der Waals surface area contributed by atoms with Crippen LogP contribution in [0.1, 0.15) is 0 Å². The summed E-state index contributed by atoms with van der Waals surface area (Å²) < 4.78 is 0. The molecule has 0 bridgehead atoms. The number of rotatable bonds is 1. The molecule has 0 aromatic carbocycles. The minimum Gasteiger partial charge on any atom is -0.339 e. The van der Waals surface area contributed by atoms with Crippen molar-refractivity contribution in [2.75, 3.05) is 7.05 Å². The van der Waals surface area contributed by atoms with Crippen molar-refractivity contribution >= 4 is 6.03 Å². The first-order valence-corrected chi connectivity index (χ1v) is 1.64. The number of carbonyl (C=O) groups is 1. The van der Waals surface area contributed by atoms with Gasteiger partial charge >= 0.3 is 6.03 Å². The second kappa shape index (κ2) is 3.38. The number of nitrogens with two attached hydrogens (primary N) is 1. The predicted molar refractivity (Wildman–Crippen MR) is 22.9 cm³/mol. The Balaban J connectivity index is 3.00. The first kappa shape index (κ1) is 6.19. The summed E-state index contributed by atoms with van der Waals surface area (Å²) in [6.45, 7) is 0. The molecule has 0 saturated carbocycles. The van der Waals surface area contributed by atoms with Crippen LogP contribution in [0.3, 0.4) is 0 Å². The van der Waals surface area contributed by atoms with Crippen molar-refractivity contribution in [2.45, 2.75) is 0 Å². The van der Waals surface area contributed by atoms with Gasteiger partial charge < -0.3 is 5.32 Å². The molecule has 2 amide bonds. The monoisotopic (exact) mass is 105 g/mol. The average Bonchev–Trinajstić information content (AvgIpc) is 1.68. The summed E-state index contributed by atoms with van der Waals surface area (Å²) in [5.74, 6) is 4.43. The molecule has 0 aliphatic rings. The molecule has 7 heavy (non-hydrogen) atoms. The van der Waals surface area contributed by atoms with Crippen molar-refractivity contribution in [3.05, 3.63) is 0 Å². The SMILES string of the molecule is CNC(=O)NON. The molecule has 0 radical (unpaired) electrons. The van der Waals surface area contributed by atoms with Gasteiger partial charge in [-0.2, -0.15) is 16.3 Å². The van der Waals surface area contributed by atoms with Gasteiger partial charge in [-0.1, -0.05) is 0 Å². The van der Waals surface area contributed by atoms with Gasteiger partial charge in [0.1, 0.15) is 0 Å². The highest BCUT2D eigenvalue weighted by Gasteiger charge is 1.87. The molecule has 0 fully saturated rings. The van der Waals surface area contributed by atoms with Crippen LogP contribution < -0.4 is 16.7 Å². The lowest BCUT2D eigenvalue weighted by Gasteiger charge is -1.95. The standard InChI is InChI=1S/C2H7N3O2/c1-4-2(6)5-7-3/h3H2,1H3,(H2,4,5,6). The number of nitrogens with one attached hydrogen (secondary N) is 2. The predicted octanol–water partition coefficient (Wildman–Crippen LogP) is -1.28. The Labute approximate surface area is 40.7 Å². The lowest BCUT2D eigenvalue weighted by molar-refractivity contribution is 0.0624. The summed E-state index contributed by atoms with van der Waals surface area (Å²) in [6, 6.07) is -0.470. The van der Waals surface area contributed by atoms with E-state index in [1.54, 1.807) is 0 Å². The van der Waals surface area contributed by atoms with Gasteiger partial charge in [0.05, 0.1) is 0 Å². The van der Waals surface area contributed by atoms with E-state index in [0.717, 1.165) is 0 Å². The fourth-order valence-electron chi connectivity index (χ4n) is 0.105. The minimum absolute atomic E-state index is 0.470. The van der Waals surface area contributed by atoms with Crippen LogP contribution >= 0.6 is 0 Å². The fraction of sp³-hybridized carbons (Fsp3) is 0.500. The topological polar surface area (TPSA) is 76.4 Å². The number of carbonyl (C=O) groups excluding carboxylic acids is 1. The number of hydrogen-bond donors (Lipinski definition) is 3. The molecule has 42 valence electrons. The molecule has 0 atom stereocenters. The zero-order chi connectivity index (χ0) is 5.70. The number of urea groups is 1. The molecule has 4 N–H and O–H groups in total. The molecule has 5 heteroatoms. The Hall–Kier alpha value is -0.810. The minimum atomic E-state index is -0.470. The highest BCUT2D eigenvalue weighted by molar-refractivity contribution is 5.72. The van der Waals surface area contributed by atoms with Gasteiger partial charge in [-0.25, -0.2) is 4.79 Å². The molecular formula is C2H7N3O2. The van der Waals surface area contributed by atoms with Crippen molar-refractivity contribution in [3.8, 4) is 0 Å². The number of amides is 2. The lowest BCUT2D eigenvalue weighted by Crippen LogP contribution is -2.34. The average molecular weight is 105 g/mol. The van der Waals surface area contributed by atoms with Crippen LogP contribution in [0.25, 0.3) is 0 Å². The zero-order valence-electron chi connectivity index (χ0n) is 3.89. The maximum Gasteiger partial charge on any atom is 0.339 e. The first-order chi connectivity index (χ1) is 3.31. The number of hydroxylamine groups is 1. The molecule has 0 aromatic rings. The first-order valence-electron chi connectivity index (χ1n) is 1.64. The third-order valence-electron chi connectivity index (χ3n) is 0.379. The summed E-state index contributed by atoms with van der Waals surface area (Å²) in [7, 11) is 1.45. The molecule has 5 nitrogen and oxygen atoms in total. The van der Waals surface area contributed by atoms with E-state index in [9.17, 15) is 4.79 Å². The quantitative estimate of drug-likeness (QED) is 0.363. The van der Waals surface area contributed by atoms with Crippen LogP contribution in [0.4, 0.5) is 4.79 Å². The van der Waals surface area contributed by atoms with E-state index in [1.807, 2.05) is 5.48 Å². The van der Waals surface area contributed by atoms with Gasteiger partial charge in [-0.15, -0.1) is 0 Å². The maximum atomic E-state index is 9.98. The van der Waals surface area contributed by atoms with Crippen molar-refractivity contribution < 1.29 is 9.73 Å². The van der Waals surface area contributed by atoms with E-state index >= 15 is 0 Å². The molecule has 0 unspecified atom stereocenters.